The van der Waals surface area contributed by atoms with Gasteiger partial charge in [-0.25, -0.2) is 0 Å². The zero-order valence-corrected chi connectivity index (χ0v) is 11.0. The van der Waals surface area contributed by atoms with Gasteiger partial charge in [0, 0.05) is 74.0 Å². The van der Waals surface area contributed by atoms with E-state index in [2.05, 4.69) is 0 Å². The summed E-state index contributed by atoms with van der Waals surface area (Å²) in [4.78, 5) is 29.3. The first-order valence-electron chi connectivity index (χ1n) is 0.894. The molecular formula is H4O4PrSiY. The number of rotatable bonds is 0. The molecule has 0 bridgehead atoms. The van der Waals surface area contributed by atoms with Crippen molar-refractivity contribution in [2.75, 3.05) is 0 Å². The van der Waals surface area contributed by atoms with Gasteiger partial charge >= 0.3 is 9.05 Å². The molecular weight excluding hydrogens is 322 g/mol. The van der Waals surface area contributed by atoms with Crippen molar-refractivity contribution in [3.05, 3.63) is 0 Å². The smallest absolute Gasteiger partial charge is 0.368 e. The third-order valence-corrected chi connectivity index (χ3v) is 0. The third-order valence-electron chi connectivity index (χ3n) is 0. The third kappa shape index (κ3) is 56.9. The molecule has 0 amide bonds. The molecule has 0 aromatic rings. The Morgan fingerprint density at radius 3 is 0.857 bits per heavy atom. The van der Waals surface area contributed by atoms with Crippen LogP contribution in [0.1, 0.15) is 0 Å². The van der Waals surface area contributed by atoms with E-state index in [1.54, 1.807) is 0 Å². The molecule has 0 aromatic carbocycles. The molecule has 2 radical (unpaired) electrons. The van der Waals surface area contributed by atoms with Crippen molar-refractivity contribution in [2.45, 2.75) is 0 Å². The second kappa shape index (κ2) is 6.64. The zero-order valence-electron chi connectivity index (χ0n) is 3.44. The molecule has 38 valence electrons. The van der Waals surface area contributed by atoms with Crippen molar-refractivity contribution in [1.82, 2.24) is 0 Å². The molecule has 0 saturated carbocycles. The Kier molecular flexibility index (Phi) is 15.4. The van der Waals surface area contributed by atoms with E-state index in [9.17, 15) is 0 Å². The van der Waals surface area contributed by atoms with E-state index in [1.165, 1.54) is 0 Å². The van der Waals surface area contributed by atoms with E-state index in [0.29, 0.717) is 0 Å². The van der Waals surface area contributed by atoms with Crippen LogP contribution in [0.15, 0.2) is 0 Å². The maximum atomic E-state index is 7.33. The van der Waals surface area contributed by atoms with Gasteiger partial charge in [0.1, 0.15) is 0 Å². The predicted molar refractivity (Wildman–Crippen MR) is 14.6 cm³/mol. The van der Waals surface area contributed by atoms with Crippen LogP contribution in [0.3, 0.4) is 0 Å². The normalized spacial score (nSPS) is 8.57. The van der Waals surface area contributed by atoms with E-state index in [0.717, 1.165) is 0 Å². The van der Waals surface area contributed by atoms with Crippen molar-refractivity contribution in [1.29, 1.82) is 0 Å². The average molecular weight is 326 g/mol. The Hall–Kier alpha value is 2.52. The molecule has 0 aliphatic rings. The fourth-order valence-corrected chi connectivity index (χ4v) is 0. The average Bonchev–Trinajstić information content (AvgIpc) is 0.722. The fourth-order valence-electron chi connectivity index (χ4n) is 0. The molecule has 0 saturated heterocycles. The first-order valence-corrected chi connectivity index (χ1v) is 2.68. The van der Waals surface area contributed by atoms with E-state index in [-0.39, 0.29) is 74.0 Å². The van der Waals surface area contributed by atoms with Crippen LogP contribution in [0.4, 0.5) is 0 Å². The van der Waals surface area contributed by atoms with Gasteiger partial charge < -0.3 is 19.2 Å². The second-order valence-electron chi connectivity index (χ2n) is 0.600. The number of hydrogen-bond donors (Lipinski definition) is 4. The van der Waals surface area contributed by atoms with Crippen LogP contribution in [-0.4, -0.2) is 28.2 Å². The summed E-state index contributed by atoms with van der Waals surface area (Å²) < 4.78 is 0. The Morgan fingerprint density at radius 2 is 0.857 bits per heavy atom. The SMILES string of the molecule is O[Si](O)(O)O.[Pr].[Y]. The molecule has 0 aliphatic carbocycles. The quantitative estimate of drug-likeness (QED) is 0.368. The van der Waals surface area contributed by atoms with Gasteiger partial charge in [0.25, 0.3) is 0 Å². The van der Waals surface area contributed by atoms with E-state index >= 15 is 0 Å². The molecule has 0 aliphatic heterocycles. The van der Waals surface area contributed by atoms with Gasteiger partial charge in [0.15, 0.2) is 0 Å². The molecule has 0 spiro atoms. The van der Waals surface area contributed by atoms with Crippen molar-refractivity contribution < 1.29 is 93.2 Å². The first-order chi connectivity index (χ1) is 2.00. The summed E-state index contributed by atoms with van der Waals surface area (Å²) in [6.45, 7) is 0. The molecule has 7 heteroatoms. The molecule has 0 fully saturated rings. The molecule has 0 aromatic heterocycles. The van der Waals surface area contributed by atoms with Gasteiger partial charge in [0.05, 0.1) is 0 Å². The maximum Gasteiger partial charge on any atom is 0.668 e. The van der Waals surface area contributed by atoms with Crippen LogP contribution in [0, 0.1) is 41.3 Å². The van der Waals surface area contributed by atoms with E-state index < -0.39 is 9.05 Å². The second-order valence-corrected chi connectivity index (χ2v) is 1.80. The Labute approximate surface area is 100 Å². The summed E-state index contributed by atoms with van der Waals surface area (Å²) in [6.07, 6.45) is 0. The zero-order chi connectivity index (χ0) is 4.50. The minimum atomic E-state index is -4.61. The molecule has 0 rings (SSSR count). The van der Waals surface area contributed by atoms with Gasteiger partial charge in [-0.15, -0.1) is 0 Å². The van der Waals surface area contributed by atoms with Gasteiger partial charge in [-0.05, 0) is 0 Å². The Bertz CT molecular complexity index is 27.2. The van der Waals surface area contributed by atoms with Crippen LogP contribution in [0.2, 0.25) is 0 Å². The molecule has 0 atom stereocenters. The Morgan fingerprint density at radius 1 is 0.857 bits per heavy atom. The fraction of sp³-hybridized carbons (Fsp3) is 0. The topological polar surface area (TPSA) is 80.9 Å². The van der Waals surface area contributed by atoms with Crippen molar-refractivity contribution in [3.63, 3.8) is 0 Å². The van der Waals surface area contributed by atoms with Crippen LogP contribution < -0.4 is 0 Å². The predicted octanol–water partition coefficient (Wildman–Crippen LogP) is -2.61. The summed E-state index contributed by atoms with van der Waals surface area (Å²) in [5, 5.41) is 0. The molecule has 0 heterocycles. The summed E-state index contributed by atoms with van der Waals surface area (Å²) in [6, 6.07) is 0. The van der Waals surface area contributed by atoms with Crippen molar-refractivity contribution in [3.8, 4) is 0 Å². The number of hydrogen-bond acceptors (Lipinski definition) is 4. The van der Waals surface area contributed by atoms with Gasteiger partial charge in [-0.1, -0.05) is 0 Å². The summed E-state index contributed by atoms with van der Waals surface area (Å²) in [5.74, 6) is 0. The maximum absolute atomic E-state index is 7.33. The molecule has 4 nitrogen and oxygen atoms in total. The monoisotopic (exact) mass is 326 g/mol. The van der Waals surface area contributed by atoms with Crippen LogP contribution in [-0.2, 0) is 32.7 Å². The van der Waals surface area contributed by atoms with Crippen molar-refractivity contribution >= 4 is 9.05 Å². The van der Waals surface area contributed by atoms with E-state index in [4.69, 9.17) is 19.2 Å². The van der Waals surface area contributed by atoms with Crippen LogP contribution in [0.5, 0.6) is 0 Å². The standard InChI is InChI=1S/H4O4Si.Pr.Y/c1-5(2,3)4;;/h1-4H;;. The Balaban J connectivity index is -0.0000000800. The molecule has 7 heavy (non-hydrogen) atoms. The first kappa shape index (κ1) is 16.3. The van der Waals surface area contributed by atoms with Gasteiger partial charge in [-0.2, -0.15) is 0 Å². The van der Waals surface area contributed by atoms with Crippen LogP contribution in [0.25, 0.3) is 0 Å². The summed E-state index contributed by atoms with van der Waals surface area (Å²) >= 11 is 0. The minimum absolute atomic E-state index is 0. The van der Waals surface area contributed by atoms with Crippen molar-refractivity contribution in [2.24, 2.45) is 0 Å². The minimum Gasteiger partial charge on any atom is -0.368 e. The van der Waals surface area contributed by atoms with E-state index in [1.807, 2.05) is 0 Å². The van der Waals surface area contributed by atoms with Gasteiger partial charge in [-0.3, -0.25) is 0 Å². The summed E-state index contributed by atoms with van der Waals surface area (Å²) in [5.41, 5.74) is 0. The largest absolute Gasteiger partial charge is 0.668 e. The molecule has 4 N–H and O–H groups in total. The molecule has 0 unspecified atom stereocenters. The van der Waals surface area contributed by atoms with Crippen LogP contribution >= 0.6 is 0 Å². The van der Waals surface area contributed by atoms with Gasteiger partial charge in [0.2, 0.25) is 0 Å². The summed E-state index contributed by atoms with van der Waals surface area (Å²) in [7, 11) is -4.61.